The van der Waals surface area contributed by atoms with Crippen LogP contribution in [0.2, 0.25) is 0 Å². The average molecular weight is 716 g/mol. The number of nitrogens with zero attached hydrogens (tertiary/aromatic N) is 7. The molecule has 6 aromatic rings. The third-order valence-electron chi connectivity index (χ3n) is 8.08. The maximum absolute atomic E-state index is 13.7. The zero-order valence-electron chi connectivity index (χ0n) is 28.5. The first kappa shape index (κ1) is 36.9. The van der Waals surface area contributed by atoms with Gasteiger partial charge in [-0.25, -0.2) is 22.6 Å². The molecule has 0 radical (unpaired) electrons. The highest BCUT2D eigenvalue weighted by Crippen LogP contribution is 2.38. The second kappa shape index (κ2) is 14.9. The number of rotatable bonds is 9. The Balaban J connectivity index is 0.000000435. The lowest BCUT2D eigenvalue weighted by molar-refractivity contribution is -0.870. The molecule has 0 saturated heterocycles. The predicted molar refractivity (Wildman–Crippen MR) is 186 cm³/mol. The lowest BCUT2D eigenvalue weighted by Gasteiger charge is -2.23. The Morgan fingerprint density at radius 2 is 1.65 bits per heavy atom. The Bertz CT molecular complexity index is 2290. The van der Waals surface area contributed by atoms with Crippen molar-refractivity contribution in [2.45, 2.75) is 37.3 Å². The molecule has 3 aromatic carbocycles. The van der Waals surface area contributed by atoms with Crippen LogP contribution in [0.5, 0.6) is 0 Å². The van der Waals surface area contributed by atoms with Gasteiger partial charge in [-0.05, 0) is 85.5 Å². The number of aromatic nitrogens is 5. The average Bonchev–Trinajstić information content (AvgIpc) is 3.73. The smallest absolute Gasteiger partial charge is 0.416 e. The number of benzene rings is 3. The summed E-state index contributed by atoms with van der Waals surface area (Å²) >= 11 is 0. The van der Waals surface area contributed by atoms with E-state index in [9.17, 15) is 31.4 Å². The molecule has 14 heteroatoms. The minimum atomic E-state index is -4.48. The van der Waals surface area contributed by atoms with Crippen molar-refractivity contribution in [1.82, 2.24) is 24.4 Å². The summed E-state index contributed by atoms with van der Waals surface area (Å²) in [6.07, 6.45) is 1.64. The van der Waals surface area contributed by atoms with Crippen molar-refractivity contribution in [2.24, 2.45) is 0 Å². The van der Waals surface area contributed by atoms with Crippen LogP contribution >= 0.6 is 0 Å². The molecule has 10 nitrogen and oxygen atoms in total. The van der Waals surface area contributed by atoms with Gasteiger partial charge in [0.05, 0.1) is 67.4 Å². The predicted octanol–water partition coefficient (Wildman–Crippen LogP) is 7.07. The molecule has 6 rings (SSSR count). The van der Waals surface area contributed by atoms with Crippen LogP contribution in [0.25, 0.3) is 33.7 Å². The highest BCUT2D eigenvalue weighted by atomic mass is 32.2. The van der Waals surface area contributed by atoms with Gasteiger partial charge in [-0.15, -0.1) is 0 Å². The molecule has 51 heavy (non-hydrogen) atoms. The van der Waals surface area contributed by atoms with Gasteiger partial charge in [-0.1, -0.05) is 30.3 Å². The number of hydrogen-bond donors (Lipinski definition) is 0. The highest BCUT2D eigenvalue weighted by molar-refractivity contribution is 7.85. The molecule has 0 atom stereocenters. The molecule has 0 unspecified atom stereocenters. The monoisotopic (exact) mass is 715 g/mol. The SMILES string of the molecule is Cc1c(-c2ccnn2-c2ccc(C#N)cc2)cn2nc(CCCC[N+](C)(C)C)nc2c1-c1cccc(C(F)(F)F)c1.O=S(=O)([O-])c1ccccc1. The number of nitriles is 1. The highest BCUT2D eigenvalue weighted by Gasteiger charge is 2.31. The molecule has 0 aliphatic carbocycles. The molecule has 0 aliphatic heterocycles. The van der Waals surface area contributed by atoms with Gasteiger partial charge in [0.2, 0.25) is 0 Å². The van der Waals surface area contributed by atoms with E-state index >= 15 is 0 Å². The lowest BCUT2D eigenvalue weighted by atomic mass is 9.95. The normalized spacial score (nSPS) is 12.0. The number of quaternary nitrogens is 1. The zero-order valence-corrected chi connectivity index (χ0v) is 29.3. The fraction of sp³-hybridized carbons (Fsp3) is 0.243. The molecule has 264 valence electrons. The van der Waals surface area contributed by atoms with Crippen LogP contribution in [0.15, 0.2) is 102 Å². The van der Waals surface area contributed by atoms with Gasteiger partial charge in [0.1, 0.15) is 10.1 Å². The molecule has 0 amide bonds. The van der Waals surface area contributed by atoms with E-state index in [4.69, 9.17) is 10.1 Å². The topological polar surface area (TPSA) is 129 Å². The molecule has 3 heterocycles. The van der Waals surface area contributed by atoms with Gasteiger partial charge in [0.25, 0.3) is 0 Å². The summed E-state index contributed by atoms with van der Waals surface area (Å²) in [7, 11) is 2.20. The fourth-order valence-electron chi connectivity index (χ4n) is 5.56. The Morgan fingerprint density at radius 3 is 2.25 bits per heavy atom. The summed E-state index contributed by atoms with van der Waals surface area (Å²) < 4.78 is 76.2. The van der Waals surface area contributed by atoms with E-state index < -0.39 is 21.9 Å². The Morgan fingerprint density at radius 1 is 0.941 bits per heavy atom. The van der Waals surface area contributed by atoms with Crippen LogP contribution in [0.4, 0.5) is 13.2 Å². The van der Waals surface area contributed by atoms with Crippen molar-refractivity contribution in [2.75, 3.05) is 27.7 Å². The van der Waals surface area contributed by atoms with Gasteiger partial charge < -0.3 is 9.04 Å². The van der Waals surface area contributed by atoms with E-state index in [0.29, 0.717) is 34.6 Å². The van der Waals surface area contributed by atoms with Crippen molar-refractivity contribution >= 4 is 15.8 Å². The third-order valence-corrected chi connectivity index (χ3v) is 8.93. The summed E-state index contributed by atoms with van der Waals surface area (Å²) in [6, 6.07) is 23.5. The number of alkyl halides is 3. The maximum atomic E-state index is 13.7. The number of halogens is 3. The number of unbranched alkanes of at least 4 members (excludes halogenated alkanes) is 1. The van der Waals surface area contributed by atoms with E-state index in [1.807, 2.05) is 19.2 Å². The van der Waals surface area contributed by atoms with Crippen LogP contribution in [0.3, 0.4) is 0 Å². The first-order valence-electron chi connectivity index (χ1n) is 16.0. The maximum Gasteiger partial charge on any atom is 0.416 e. The van der Waals surface area contributed by atoms with Crippen LogP contribution in [-0.4, -0.2) is 69.5 Å². The summed E-state index contributed by atoms with van der Waals surface area (Å²) in [5.41, 5.74) is 4.33. The van der Waals surface area contributed by atoms with Gasteiger partial charge in [0, 0.05) is 23.7 Å². The third kappa shape index (κ3) is 9.06. The lowest BCUT2D eigenvalue weighted by Crippen LogP contribution is -2.35. The summed E-state index contributed by atoms with van der Waals surface area (Å²) in [5, 5.41) is 18.4. The number of hydrogen-bond acceptors (Lipinski definition) is 7. The van der Waals surface area contributed by atoms with Gasteiger partial charge in [0.15, 0.2) is 11.5 Å². The molecular formula is C37H36F3N7O3S. The second-order valence-electron chi connectivity index (χ2n) is 12.9. The number of aryl methyl sites for hydroxylation is 1. The Kier molecular flexibility index (Phi) is 10.8. The van der Waals surface area contributed by atoms with Crippen LogP contribution < -0.4 is 0 Å². The van der Waals surface area contributed by atoms with Crippen molar-refractivity contribution in [1.29, 1.82) is 5.26 Å². The molecule has 0 fully saturated rings. The van der Waals surface area contributed by atoms with Crippen molar-refractivity contribution < 1.29 is 30.6 Å². The molecular weight excluding hydrogens is 680 g/mol. The van der Waals surface area contributed by atoms with E-state index in [1.165, 1.54) is 36.4 Å². The first-order valence-corrected chi connectivity index (χ1v) is 17.4. The molecule has 0 saturated carbocycles. The zero-order chi connectivity index (χ0) is 37.0. The van der Waals surface area contributed by atoms with Gasteiger partial charge in [-0.3, -0.25) is 0 Å². The van der Waals surface area contributed by atoms with E-state index in [2.05, 4.69) is 32.3 Å². The summed E-state index contributed by atoms with van der Waals surface area (Å²) in [6.45, 7) is 2.90. The largest absolute Gasteiger partial charge is 0.744 e. The van der Waals surface area contributed by atoms with Gasteiger partial charge in [-0.2, -0.15) is 28.6 Å². The molecule has 0 aliphatic rings. The van der Waals surface area contributed by atoms with Crippen LogP contribution in [0, 0.1) is 18.3 Å². The van der Waals surface area contributed by atoms with Crippen molar-refractivity contribution in [3.8, 4) is 34.1 Å². The first-order chi connectivity index (χ1) is 24.0. The second-order valence-corrected chi connectivity index (χ2v) is 14.3. The quantitative estimate of drug-likeness (QED) is 0.0890. The number of pyridine rings is 1. The van der Waals surface area contributed by atoms with Crippen LogP contribution in [-0.2, 0) is 22.7 Å². The van der Waals surface area contributed by atoms with E-state index in [-0.39, 0.29) is 4.90 Å². The molecule has 0 N–H and O–H groups in total. The minimum absolute atomic E-state index is 0.185. The molecule has 0 bridgehead atoms. The summed E-state index contributed by atoms with van der Waals surface area (Å²) in [5.74, 6) is 0.650. The van der Waals surface area contributed by atoms with Crippen molar-refractivity contribution in [3.63, 3.8) is 0 Å². The number of fused-ring (bicyclic) bond motifs is 1. The Labute approximate surface area is 294 Å². The van der Waals surface area contributed by atoms with E-state index in [1.54, 1.807) is 51.8 Å². The summed E-state index contributed by atoms with van der Waals surface area (Å²) in [4.78, 5) is 4.63. The standard InChI is InChI=1S/C31H31F3N7.C6H6O3S/c1-21-26(27-15-16-36-40(27)25-13-11-22(19-35)12-14-25)20-39-30(37-28(38-39)10-5-6-17-41(2,3)4)29(21)23-8-7-9-24(18-23)31(32,33)34;7-10(8,9)6-4-2-1-3-5-6/h7-9,11-16,18,20H,5-6,10,17H2,1-4H3;1-5H,(H,7,8,9)/q+1;/p-1. The van der Waals surface area contributed by atoms with Crippen LogP contribution in [0.1, 0.15) is 35.4 Å². The Hall–Kier alpha value is -5.36. The van der Waals surface area contributed by atoms with Crippen molar-refractivity contribution in [3.05, 3.63) is 120 Å². The van der Waals surface area contributed by atoms with Gasteiger partial charge >= 0.3 is 6.18 Å². The molecule has 3 aromatic heterocycles. The van der Waals surface area contributed by atoms with E-state index in [0.717, 1.165) is 52.4 Å². The molecule has 0 spiro atoms. The fourth-order valence-corrected chi connectivity index (χ4v) is 6.05. The minimum Gasteiger partial charge on any atom is -0.744 e.